The Kier molecular flexibility index (Phi) is 5.64. The molecule has 2 aromatic carbocycles. The molecule has 21 heavy (non-hydrogen) atoms. The Morgan fingerprint density at radius 1 is 0.905 bits per heavy atom. The molecule has 0 spiro atoms. The first kappa shape index (κ1) is 15.4. The van der Waals surface area contributed by atoms with Crippen LogP contribution in [0.25, 0.3) is 0 Å². The van der Waals surface area contributed by atoms with Gasteiger partial charge >= 0.3 is 0 Å². The molecule has 0 fully saturated rings. The molecule has 112 valence electrons. The molecular weight excluding hydrogens is 264 g/mol. The van der Waals surface area contributed by atoms with Crippen LogP contribution in [0, 0.1) is 13.8 Å². The Morgan fingerprint density at radius 3 is 2.33 bits per heavy atom. The molecule has 3 rings (SSSR count). The van der Waals surface area contributed by atoms with E-state index in [2.05, 4.69) is 25.1 Å². The van der Waals surface area contributed by atoms with E-state index in [0.29, 0.717) is 19.8 Å². The van der Waals surface area contributed by atoms with Crippen molar-refractivity contribution in [3.05, 3.63) is 59.2 Å². The van der Waals surface area contributed by atoms with Gasteiger partial charge in [-0.3, -0.25) is 0 Å². The lowest BCUT2D eigenvalue weighted by Crippen LogP contribution is -2.15. The Balaban J connectivity index is 0.000000155. The van der Waals surface area contributed by atoms with Gasteiger partial charge in [0.15, 0.2) is 11.5 Å². The molecule has 0 atom stereocenters. The minimum Gasteiger partial charge on any atom is -0.486 e. The van der Waals surface area contributed by atoms with Gasteiger partial charge in [-0.05, 0) is 37.1 Å². The summed E-state index contributed by atoms with van der Waals surface area (Å²) in [5.74, 6) is 1.73. The van der Waals surface area contributed by atoms with E-state index in [4.69, 9.17) is 14.2 Å². The first-order chi connectivity index (χ1) is 10.2. The maximum atomic E-state index is 5.38. The van der Waals surface area contributed by atoms with Crippen LogP contribution in [0.3, 0.4) is 0 Å². The molecule has 0 saturated carbocycles. The van der Waals surface area contributed by atoms with Gasteiger partial charge in [-0.15, -0.1) is 0 Å². The summed E-state index contributed by atoms with van der Waals surface area (Å²) in [4.78, 5) is 0. The predicted molar refractivity (Wildman–Crippen MR) is 84.1 cm³/mol. The second-order valence-electron chi connectivity index (χ2n) is 5.07. The van der Waals surface area contributed by atoms with Crippen molar-refractivity contribution in [2.75, 3.05) is 20.3 Å². The first-order valence-electron chi connectivity index (χ1n) is 7.10. The highest BCUT2D eigenvalue weighted by Crippen LogP contribution is 2.30. The normalized spacial score (nSPS) is 12.3. The molecule has 1 heterocycles. The van der Waals surface area contributed by atoms with Gasteiger partial charge in [0.1, 0.15) is 13.2 Å². The molecular formula is C18H22O3. The lowest BCUT2D eigenvalue weighted by atomic mass is 10.1. The lowest BCUT2D eigenvalue weighted by Gasteiger charge is -2.18. The number of benzene rings is 2. The molecule has 0 radical (unpaired) electrons. The average Bonchev–Trinajstić information content (AvgIpc) is 2.48. The van der Waals surface area contributed by atoms with Gasteiger partial charge in [0, 0.05) is 7.11 Å². The Bertz CT molecular complexity index is 578. The average molecular weight is 286 g/mol. The van der Waals surface area contributed by atoms with Crippen LogP contribution < -0.4 is 9.47 Å². The van der Waals surface area contributed by atoms with Gasteiger partial charge in [-0.2, -0.15) is 0 Å². The fourth-order valence-electron chi connectivity index (χ4n) is 2.12. The number of methoxy groups -OCH3 is 1. The van der Waals surface area contributed by atoms with Gasteiger partial charge in [0.25, 0.3) is 0 Å². The zero-order valence-corrected chi connectivity index (χ0v) is 12.9. The lowest BCUT2D eigenvalue weighted by molar-refractivity contribution is 0.171. The molecule has 3 nitrogen and oxygen atoms in total. The second kappa shape index (κ2) is 7.70. The van der Waals surface area contributed by atoms with Crippen LogP contribution in [0.2, 0.25) is 0 Å². The van der Waals surface area contributed by atoms with E-state index in [0.717, 1.165) is 11.5 Å². The van der Waals surface area contributed by atoms with E-state index in [1.54, 1.807) is 7.11 Å². The van der Waals surface area contributed by atoms with Gasteiger partial charge in [-0.1, -0.05) is 35.9 Å². The summed E-state index contributed by atoms with van der Waals surface area (Å²) >= 11 is 0. The molecule has 0 aromatic heterocycles. The fourth-order valence-corrected chi connectivity index (χ4v) is 2.12. The van der Waals surface area contributed by atoms with Gasteiger partial charge in [0.2, 0.25) is 0 Å². The zero-order chi connectivity index (χ0) is 15.1. The summed E-state index contributed by atoms with van der Waals surface area (Å²) in [6.45, 7) is 6.16. The first-order valence-corrected chi connectivity index (χ1v) is 7.10. The van der Waals surface area contributed by atoms with Crippen LogP contribution in [0.5, 0.6) is 11.5 Å². The van der Waals surface area contributed by atoms with E-state index >= 15 is 0 Å². The van der Waals surface area contributed by atoms with Gasteiger partial charge < -0.3 is 14.2 Å². The highest BCUT2D eigenvalue weighted by Gasteiger charge is 2.09. The molecule has 1 aliphatic heterocycles. The quantitative estimate of drug-likeness (QED) is 0.838. The predicted octanol–water partition coefficient (Wildman–Crippen LogP) is 3.91. The standard InChI is InChI=1S/C9H10O2.C9H12O/c1-7-2-3-8-9(6-7)11-5-4-10-8;1-8-4-3-5-9(6-8)7-10-2/h2-3,6H,4-5H2,1H3;3-6H,7H2,1-2H3. The molecule has 0 amide bonds. The van der Waals surface area contributed by atoms with Gasteiger partial charge in [0.05, 0.1) is 6.61 Å². The van der Waals surface area contributed by atoms with Crippen LogP contribution in [-0.2, 0) is 11.3 Å². The fraction of sp³-hybridized carbons (Fsp3) is 0.333. The van der Waals surface area contributed by atoms with Crippen LogP contribution in [0.1, 0.15) is 16.7 Å². The third-order valence-corrected chi connectivity index (χ3v) is 3.09. The van der Waals surface area contributed by atoms with Crippen LogP contribution in [0.4, 0.5) is 0 Å². The van der Waals surface area contributed by atoms with Crippen molar-refractivity contribution < 1.29 is 14.2 Å². The molecule has 2 aromatic rings. The van der Waals surface area contributed by atoms with E-state index in [-0.39, 0.29) is 0 Å². The largest absolute Gasteiger partial charge is 0.486 e. The summed E-state index contributed by atoms with van der Waals surface area (Å²) in [6, 6.07) is 14.3. The molecule has 1 aliphatic rings. The number of hydrogen-bond acceptors (Lipinski definition) is 3. The highest BCUT2D eigenvalue weighted by molar-refractivity contribution is 5.43. The molecule has 0 aliphatic carbocycles. The number of ether oxygens (including phenoxy) is 3. The topological polar surface area (TPSA) is 27.7 Å². The molecule has 0 unspecified atom stereocenters. The van der Waals surface area contributed by atoms with E-state index in [1.807, 2.05) is 31.2 Å². The Morgan fingerprint density at radius 2 is 1.62 bits per heavy atom. The summed E-state index contributed by atoms with van der Waals surface area (Å²) in [5, 5.41) is 0. The molecule has 0 bridgehead atoms. The Hall–Kier alpha value is -2.00. The number of aryl methyl sites for hydroxylation is 2. The van der Waals surface area contributed by atoms with Crippen molar-refractivity contribution in [2.24, 2.45) is 0 Å². The van der Waals surface area contributed by atoms with Crippen molar-refractivity contribution in [3.63, 3.8) is 0 Å². The van der Waals surface area contributed by atoms with Crippen molar-refractivity contribution in [2.45, 2.75) is 20.5 Å². The summed E-state index contributed by atoms with van der Waals surface area (Å²) in [7, 11) is 1.71. The summed E-state index contributed by atoms with van der Waals surface area (Å²) in [6.07, 6.45) is 0. The molecule has 0 saturated heterocycles. The summed E-state index contributed by atoms with van der Waals surface area (Å²) in [5.41, 5.74) is 3.73. The minimum atomic E-state index is 0.663. The minimum absolute atomic E-state index is 0.663. The third kappa shape index (κ3) is 4.80. The smallest absolute Gasteiger partial charge is 0.161 e. The number of fused-ring (bicyclic) bond motifs is 1. The van der Waals surface area contributed by atoms with E-state index in [9.17, 15) is 0 Å². The van der Waals surface area contributed by atoms with Crippen LogP contribution >= 0.6 is 0 Å². The van der Waals surface area contributed by atoms with Crippen molar-refractivity contribution in [3.8, 4) is 11.5 Å². The SMILES string of the molecule is COCc1cccc(C)c1.Cc1ccc2c(c1)OCCO2. The second-order valence-corrected chi connectivity index (χ2v) is 5.07. The zero-order valence-electron chi connectivity index (χ0n) is 12.9. The van der Waals surface area contributed by atoms with Crippen molar-refractivity contribution in [1.82, 2.24) is 0 Å². The van der Waals surface area contributed by atoms with Gasteiger partial charge in [-0.25, -0.2) is 0 Å². The third-order valence-electron chi connectivity index (χ3n) is 3.09. The maximum absolute atomic E-state index is 5.38. The summed E-state index contributed by atoms with van der Waals surface area (Å²) < 4.78 is 15.7. The molecule has 0 N–H and O–H groups in total. The van der Waals surface area contributed by atoms with E-state index < -0.39 is 0 Å². The van der Waals surface area contributed by atoms with Crippen LogP contribution in [-0.4, -0.2) is 20.3 Å². The monoisotopic (exact) mass is 286 g/mol. The number of rotatable bonds is 2. The van der Waals surface area contributed by atoms with Crippen molar-refractivity contribution in [1.29, 1.82) is 0 Å². The van der Waals surface area contributed by atoms with E-state index in [1.165, 1.54) is 16.7 Å². The maximum Gasteiger partial charge on any atom is 0.161 e. The van der Waals surface area contributed by atoms with Crippen LogP contribution in [0.15, 0.2) is 42.5 Å². The number of hydrogen-bond donors (Lipinski definition) is 0. The van der Waals surface area contributed by atoms with Crippen molar-refractivity contribution >= 4 is 0 Å². The highest BCUT2D eigenvalue weighted by atomic mass is 16.6. The Labute approximate surface area is 126 Å². The molecule has 3 heteroatoms.